The van der Waals surface area contributed by atoms with E-state index < -0.39 is 29.6 Å². The van der Waals surface area contributed by atoms with Gasteiger partial charge < -0.3 is 5.32 Å². The molecule has 0 atom stereocenters. The number of aromatic nitrogens is 2. The van der Waals surface area contributed by atoms with E-state index in [4.69, 9.17) is 0 Å². The van der Waals surface area contributed by atoms with Gasteiger partial charge in [-0.3, -0.25) is 9.59 Å². The van der Waals surface area contributed by atoms with Gasteiger partial charge in [0.1, 0.15) is 18.2 Å². The molecule has 29 heavy (non-hydrogen) atoms. The average Bonchev–Trinajstić information content (AvgIpc) is 2.71. The molecule has 1 amide bonds. The fraction of sp³-hybridized carbons (Fsp3) is 0.0455. The molecule has 1 aromatic heterocycles. The van der Waals surface area contributed by atoms with E-state index in [2.05, 4.69) is 10.4 Å². The van der Waals surface area contributed by atoms with E-state index in [-0.39, 0.29) is 5.69 Å². The maximum atomic E-state index is 13.7. The van der Waals surface area contributed by atoms with Crippen LogP contribution in [0.25, 0.3) is 22.0 Å². The second-order valence-corrected chi connectivity index (χ2v) is 6.45. The Morgan fingerprint density at radius 1 is 0.931 bits per heavy atom. The molecule has 0 bridgehead atoms. The molecule has 0 unspecified atom stereocenters. The lowest BCUT2D eigenvalue weighted by Crippen LogP contribution is -2.29. The predicted molar refractivity (Wildman–Crippen MR) is 106 cm³/mol. The number of hydrogen-bond acceptors (Lipinski definition) is 3. The van der Waals surface area contributed by atoms with E-state index in [0.29, 0.717) is 11.8 Å². The summed E-state index contributed by atoms with van der Waals surface area (Å²) in [5.41, 5.74) is 0.679. The number of halogens is 2. The molecule has 1 N–H and O–H groups in total. The number of fused-ring (bicyclic) bond motifs is 1. The first-order valence-corrected chi connectivity index (χ1v) is 8.82. The summed E-state index contributed by atoms with van der Waals surface area (Å²) in [5, 5.41) is 8.67. The third-order valence-corrected chi connectivity index (χ3v) is 4.41. The van der Waals surface area contributed by atoms with Crippen molar-refractivity contribution in [2.24, 2.45) is 0 Å². The van der Waals surface area contributed by atoms with Crippen molar-refractivity contribution in [1.82, 2.24) is 9.78 Å². The number of carbonyl (C=O) groups is 1. The molecule has 7 heteroatoms. The average molecular weight is 391 g/mol. The van der Waals surface area contributed by atoms with Crippen LogP contribution < -0.4 is 10.9 Å². The van der Waals surface area contributed by atoms with Gasteiger partial charge in [-0.2, -0.15) is 5.10 Å². The zero-order valence-electron chi connectivity index (χ0n) is 15.1. The van der Waals surface area contributed by atoms with Crippen LogP contribution in [0.1, 0.15) is 0 Å². The van der Waals surface area contributed by atoms with Crippen molar-refractivity contribution in [3.8, 4) is 11.3 Å². The lowest BCUT2D eigenvalue weighted by Gasteiger charge is -2.09. The molecular weight excluding hydrogens is 376 g/mol. The first-order chi connectivity index (χ1) is 14.0. The topological polar surface area (TPSA) is 64.0 Å². The van der Waals surface area contributed by atoms with Gasteiger partial charge in [0, 0.05) is 17.7 Å². The van der Waals surface area contributed by atoms with Crippen molar-refractivity contribution < 1.29 is 13.6 Å². The molecule has 4 rings (SSSR count). The summed E-state index contributed by atoms with van der Waals surface area (Å²) < 4.78 is 27.7. The van der Waals surface area contributed by atoms with E-state index in [1.807, 2.05) is 42.5 Å². The van der Waals surface area contributed by atoms with Crippen molar-refractivity contribution in [2.75, 3.05) is 5.32 Å². The third-order valence-electron chi connectivity index (χ3n) is 4.41. The molecule has 3 aromatic carbocycles. The molecular formula is C22H15F2N3O2. The molecule has 5 nitrogen and oxygen atoms in total. The number of hydrogen-bond donors (Lipinski definition) is 1. The van der Waals surface area contributed by atoms with Crippen molar-refractivity contribution >= 4 is 22.4 Å². The summed E-state index contributed by atoms with van der Waals surface area (Å²) in [6.45, 7) is -0.406. The van der Waals surface area contributed by atoms with Crippen LogP contribution in [-0.4, -0.2) is 15.7 Å². The van der Waals surface area contributed by atoms with Crippen LogP contribution in [-0.2, 0) is 11.3 Å². The summed E-state index contributed by atoms with van der Waals surface area (Å²) in [6.07, 6.45) is 0. The van der Waals surface area contributed by atoms with Gasteiger partial charge in [0.05, 0.1) is 11.4 Å². The van der Waals surface area contributed by atoms with Gasteiger partial charge in [-0.1, -0.05) is 36.4 Å². The molecule has 1 heterocycles. The maximum absolute atomic E-state index is 13.7. The Labute approximate surface area is 164 Å². The minimum absolute atomic E-state index is 0.171. The number of nitrogens with zero attached hydrogens (tertiary/aromatic N) is 2. The SMILES string of the molecule is O=C(Cn1nc(-c2ccc3ccccc3c2)ccc1=O)Nc1ccc(F)cc1F. The zero-order chi connectivity index (χ0) is 20.4. The molecule has 0 radical (unpaired) electrons. The zero-order valence-corrected chi connectivity index (χ0v) is 15.1. The highest BCUT2D eigenvalue weighted by Crippen LogP contribution is 2.22. The van der Waals surface area contributed by atoms with Crippen LogP contribution in [0.15, 0.2) is 77.6 Å². The molecule has 0 saturated heterocycles. The predicted octanol–water partition coefficient (Wildman–Crippen LogP) is 3.98. The highest BCUT2D eigenvalue weighted by molar-refractivity contribution is 5.90. The van der Waals surface area contributed by atoms with Gasteiger partial charge in [-0.05, 0) is 35.0 Å². The summed E-state index contributed by atoms with van der Waals surface area (Å²) in [5.74, 6) is -2.30. The summed E-state index contributed by atoms with van der Waals surface area (Å²) >= 11 is 0. The third kappa shape index (κ3) is 4.03. The molecule has 0 aliphatic rings. The van der Waals surface area contributed by atoms with E-state index in [9.17, 15) is 18.4 Å². The van der Waals surface area contributed by atoms with Crippen molar-refractivity contribution in [3.05, 3.63) is 94.8 Å². The second-order valence-electron chi connectivity index (χ2n) is 6.45. The Balaban J connectivity index is 1.59. The number of carbonyl (C=O) groups excluding carboxylic acids is 1. The van der Waals surface area contributed by atoms with Gasteiger partial charge in [-0.15, -0.1) is 0 Å². The number of rotatable bonds is 4. The number of anilines is 1. The van der Waals surface area contributed by atoms with Gasteiger partial charge in [0.15, 0.2) is 0 Å². The van der Waals surface area contributed by atoms with Gasteiger partial charge in [-0.25, -0.2) is 13.5 Å². The smallest absolute Gasteiger partial charge is 0.267 e. The van der Waals surface area contributed by atoms with Crippen molar-refractivity contribution in [1.29, 1.82) is 0 Å². The quantitative estimate of drug-likeness (QED) is 0.572. The Hall–Kier alpha value is -3.87. The van der Waals surface area contributed by atoms with Crippen LogP contribution in [0.4, 0.5) is 14.5 Å². The minimum atomic E-state index is -0.899. The normalized spacial score (nSPS) is 10.8. The van der Waals surface area contributed by atoms with Crippen LogP contribution in [0.2, 0.25) is 0 Å². The monoisotopic (exact) mass is 391 g/mol. The van der Waals surface area contributed by atoms with Gasteiger partial charge in [0.25, 0.3) is 5.56 Å². The lowest BCUT2D eigenvalue weighted by molar-refractivity contribution is -0.117. The van der Waals surface area contributed by atoms with Crippen molar-refractivity contribution in [2.45, 2.75) is 6.54 Å². The van der Waals surface area contributed by atoms with E-state index >= 15 is 0 Å². The molecule has 4 aromatic rings. The van der Waals surface area contributed by atoms with E-state index in [1.165, 1.54) is 6.07 Å². The van der Waals surface area contributed by atoms with Gasteiger partial charge >= 0.3 is 0 Å². The lowest BCUT2D eigenvalue weighted by atomic mass is 10.1. The van der Waals surface area contributed by atoms with Crippen LogP contribution in [0, 0.1) is 11.6 Å². The highest BCUT2D eigenvalue weighted by atomic mass is 19.1. The molecule has 144 valence electrons. The standard InChI is InChI=1S/C22H15F2N3O2/c23-17-7-8-20(18(24)12-17)25-21(28)13-27-22(29)10-9-19(26-27)16-6-5-14-3-1-2-4-15(14)11-16/h1-12H,13H2,(H,25,28). The first-order valence-electron chi connectivity index (χ1n) is 8.82. The van der Waals surface area contributed by atoms with Crippen LogP contribution >= 0.6 is 0 Å². The first kappa shape index (κ1) is 18.5. The molecule has 0 spiro atoms. The maximum Gasteiger partial charge on any atom is 0.267 e. The second kappa shape index (κ2) is 7.63. The van der Waals surface area contributed by atoms with E-state index in [1.54, 1.807) is 6.07 Å². The van der Waals surface area contributed by atoms with Gasteiger partial charge in [0.2, 0.25) is 5.91 Å². The Bertz CT molecular complexity index is 1280. The molecule has 0 aliphatic carbocycles. The Morgan fingerprint density at radius 2 is 1.72 bits per heavy atom. The van der Waals surface area contributed by atoms with Crippen LogP contribution in [0.3, 0.4) is 0 Å². The largest absolute Gasteiger partial charge is 0.322 e. The summed E-state index contributed by atoms with van der Waals surface area (Å²) in [7, 11) is 0. The minimum Gasteiger partial charge on any atom is -0.322 e. The van der Waals surface area contributed by atoms with E-state index in [0.717, 1.165) is 33.2 Å². The fourth-order valence-electron chi connectivity index (χ4n) is 2.98. The van der Waals surface area contributed by atoms with Crippen molar-refractivity contribution in [3.63, 3.8) is 0 Å². The Morgan fingerprint density at radius 3 is 2.52 bits per heavy atom. The number of amides is 1. The molecule has 0 saturated carbocycles. The summed E-state index contributed by atoms with van der Waals surface area (Å²) in [6, 6.07) is 19.3. The molecule has 0 aliphatic heterocycles. The number of nitrogens with one attached hydrogen (secondary N) is 1. The fourth-order valence-corrected chi connectivity index (χ4v) is 2.98. The highest BCUT2D eigenvalue weighted by Gasteiger charge is 2.11. The number of benzene rings is 3. The van der Waals surface area contributed by atoms with Crippen LogP contribution in [0.5, 0.6) is 0 Å². The Kier molecular flexibility index (Phi) is 4.87. The molecule has 0 fully saturated rings. The summed E-state index contributed by atoms with van der Waals surface area (Å²) in [4.78, 5) is 24.3.